The Hall–Kier alpha value is -1.84. The highest BCUT2D eigenvalue weighted by molar-refractivity contribution is 9.10. The molecule has 9 heteroatoms. The molecule has 0 spiro atoms. The van der Waals surface area contributed by atoms with Gasteiger partial charge in [-0.1, -0.05) is 15.9 Å². The van der Waals surface area contributed by atoms with Gasteiger partial charge >= 0.3 is 5.97 Å². The minimum Gasteiger partial charge on any atom is -0.462 e. The summed E-state index contributed by atoms with van der Waals surface area (Å²) < 4.78 is 6.04. The van der Waals surface area contributed by atoms with Crippen molar-refractivity contribution in [1.82, 2.24) is 5.32 Å². The van der Waals surface area contributed by atoms with E-state index in [1.165, 1.54) is 18.8 Å². The van der Waals surface area contributed by atoms with Gasteiger partial charge in [-0.25, -0.2) is 4.79 Å². The highest BCUT2D eigenvalue weighted by Gasteiger charge is 2.26. The van der Waals surface area contributed by atoms with Crippen LogP contribution in [0.25, 0.3) is 0 Å². The second-order valence-electron chi connectivity index (χ2n) is 5.35. The molecule has 1 aromatic carbocycles. The second-order valence-corrected chi connectivity index (χ2v) is 8.34. The van der Waals surface area contributed by atoms with Gasteiger partial charge in [0.15, 0.2) is 0 Å². The van der Waals surface area contributed by atoms with Crippen molar-refractivity contribution in [2.24, 2.45) is 0 Å². The first-order valence-electron chi connectivity index (χ1n) is 8.08. The number of ether oxygens (including phenoxy) is 1. The van der Waals surface area contributed by atoms with Crippen molar-refractivity contribution < 1.29 is 19.1 Å². The molecule has 0 aliphatic heterocycles. The maximum absolute atomic E-state index is 12.4. The molecule has 0 saturated carbocycles. The number of benzene rings is 1. The van der Waals surface area contributed by atoms with E-state index < -0.39 is 5.97 Å². The van der Waals surface area contributed by atoms with Gasteiger partial charge in [-0.05, 0) is 43.7 Å². The number of hydrogen-bond donors (Lipinski definition) is 2. The molecule has 0 aliphatic rings. The Bertz CT molecular complexity index is 850. The molecule has 0 saturated heterocycles. The number of thiophene rings is 1. The van der Waals surface area contributed by atoms with E-state index in [-0.39, 0.29) is 29.7 Å². The lowest BCUT2D eigenvalue weighted by molar-refractivity contribution is -0.113. The number of hydrogen-bond acceptors (Lipinski definition) is 6. The summed E-state index contributed by atoms with van der Waals surface area (Å²) in [5.41, 5.74) is 0.719. The molecule has 0 unspecified atom stereocenters. The minimum absolute atomic E-state index is 0.177. The Labute approximate surface area is 174 Å². The monoisotopic (exact) mass is 470 g/mol. The average Bonchev–Trinajstić information content (AvgIpc) is 2.96. The molecule has 1 aromatic heterocycles. The SMILES string of the molecule is CCOC(=O)c1c(NC(=O)CSc2ccc(Br)cc2)sc(C(=O)NC)c1C. The van der Waals surface area contributed by atoms with Gasteiger partial charge in [0.2, 0.25) is 5.91 Å². The number of halogens is 1. The lowest BCUT2D eigenvalue weighted by atomic mass is 10.1. The molecule has 2 N–H and O–H groups in total. The van der Waals surface area contributed by atoms with Crippen molar-refractivity contribution in [2.75, 3.05) is 24.7 Å². The standard InChI is InChI=1S/C18H19BrN2O4S2/c1-4-25-18(24)14-10(2)15(16(23)20-3)27-17(14)21-13(22)9-26-12-7-5-11(19)6-8-12/h5-8H,4,9H2,1-3H3,(H,20,23)(H,21,22). The summed E-state index contributed by atoms with van der Waals surface area (Å²) in [4.78, 5) is 38.0. The van der Waals surface area contributed by atoms with Crippen LogP contribution in [0.15, 0.2) is 33.6 Å². The van der Waals surface area contributed by atoms with Crippen molar-refractivity contribution in [1.29, 1.82) is 0 Å². The van der Waals surface area contributed by atoms with Gasteiger partial charge in [-0.15, -0.1) is 23.1 Å². The summed E-state index contributed by atoms with van der Waals surface area (Å²) in [7, 11) is 1.51. The predicted octanol–water partition coefficient (Wildman–Crippen LogP) is 4.09. The number of amides is 2. The number of thioether (sulfide) groups is 1. The molecule has 2 rings (SSSR count). The number of anilines is 1. The molecule has 27 heavy (non-hydrogen) atoms. The third kappa shape index (κ3) is 5.57. The lowest BCUT2D eigenvalue weighted by Gasteiger charge is -2.07. The van der Waals surface area contributed by atoms with Gasteiger partial charge in [0.05, 0.1) is 22.8 Å². The van der Waals surface area contributed by atoms with E-state index >= 15 is 0 Å². The van der Waals surface area contributed by atoms with E-state index in [1.54, 1.807) is 13.8 Å². The Morgan fingerprint density at radius 1 is 1.22 bits per heavy atom. The first kappa shape index (κ1) is 21.5. The lowest BCUT2D eigenvalue weighted by Crippen LogP contribution is -2.18. The molecule has 1 heterocycles. The molecule has 2 amide bonds. The minimum atomic E-state index is -0.558. The summed E-state index contributed by atoms with van der Waals surface area (Å²) in [6.07, 6.45) is 0. The molecular formula is C18H19BrN2O4S2. The normalized spacial score (nSPS) is 10.4. The maximum atomic E-state index is 12.4. The molecule has 0 fully saturated rings. The third-order valence-corrected chi connectivity index (χ3v) is 6.24. The maximum Gasteiger partial charge on any atom is 0.341 e. The van der Waals surface area contributed by atoms with Gasteiger partial charge in [0.1, 0.15) is 5.00 Å². The fourth-order valence-electron chi connectivity index (χ4n) is 2.22. The molecule has 0 bridgehead atoms. The highest BCUT2D eigenvalue weighted by atomic mass is 79.9. The van der Waals surface area contributed by atoms with Gasteiger partial charge in [0.25, 0.3) is 5.91 Å². The number of carbonyl (C=O) groups is 3. The Kier molecular flexibility index (Phi) is 7.88. The van der Waals surface area contributed by atoms with E-state index in [1.807, 2.05) is 24.3 Å². The predicted molar refractivity (Wildman–Crippen MR) is 112 cm³/mol. The van der Waals surface area contributed by atoms with Gasteiger partial charge < -0.3 is 15.4 Å². The van der Waals surface area contributed by atoms with Crippen LogP contribution in [0.1, 0.15) is 32.5 Å². The zero-order valence-corrected chi connectivity index (χ0v) is 18.3. The molecule has 144 valence electrons. The zero-order valence-electron chi connectivity index (χ0n) is 15.1. The van der Waals surface area contributed by atoms with Gasteiger partial charge in [-0.3, -0.25) is 9.59 Å². The molecular weight excluding hydrogens is 452 g/mol. The van der Waals surface area contributed by atoms with Crippen LogP contribution >= 0.6 is 39.0 Å². The van der Waals surface area contributed by atoms with Crippen LogP contribution < -0.4 is 10.6 Å². The summed E-state index contributed by atoms with van der Waals surface area (Å²) in [6, 6.07) is 7.62. The van der Waals surface area contributed by atoms with Crippen LogP contribution in [-0.4, -0.2) is 37.2 Å². The van der Waals surface area contributed by atoms with E-state index in [4.69, 9.17) is 4.74 Å². The average molecular weight is 471 g/mol. The smallest absolute Gasteiger partial charge is 0.341 e. The number of esters is 1. The summed E-state index contributed by atoms with van der Waals surface area (Å²) >= 11 is 5.81. The molecule has 0 aliphatic carbocycles. The number of rotatable bonds is 7. The third-order valence-electron chi connectivity index (χ3n) is 3.50. The van der Waals surface area contributed by atoms with Crippen molar-refractivity contribution in [2.45, 2.75) is 18.7 Å². The van der Waals surface area contributed by atoms with Crippen molar-refractivity contribution in [3.8, 4) is 0 Å². The second kappa shape index (κ2) is 9.91. The number of carbonyl (C=O) groups excluding carboxylic acids is 3. The molecule has 0 radical (unpaired) electrons. The van der Waals surface area contributed by atoms with E-state index in [9.17, 15) is 14.4 Å². The van der Waals surface area contributed by atoms with Crippen LogP contribution in [-0.2, 0) is 9.53 Å². The fraction of sp³-hybridized carbons (Fsp3) is 0.278. The van der Waals surface area contributed by atoms with Crippen molar-refractivity contribution in [3.63, 3.8) is 0 Å². The molecule has 6 nitrogen and oxygen atoms in total. The molecule has 0 atom stereocenters. The Balaban J connectivity index is 2.17. The topological polar surface area (TPSA) is 84.5 Å². The van der Waals surface area contributed by atoms with E-state index in [2.05, 4.69) is 26.6 Å². The van der Waals surface area contributed by atoms with Crippen LogP contribution in [0.4, 0.5) is 5.00 Å². The van der Waals surface area contributed by atoms with Gasteiger partial charge in [0, 0.05) is 16.4 Å². The van der Waals surface area contributed by atoms with Crippen molar-refractivity contribution >= 4 is 61.8 Å². The fourth-order valence-corrected chi connectivity index (χ4v) is 4.34. The highest BCUT2D eigenvalue weighted by Crippen LogP contribution is 2.34. The van der Waals surface area contributed by atoms with Crippen LogP contribution in [0, 0.1) is 6.92 Å². The summed E-state index contributed by atoms with van der Waals surface area (Å²) in [5.74, 6) is -0.959. The zero-order chi connectivity index (χ0) is 20.0. The summed E-state index contributed by atoms with van der Waals surface area (Å²) in [6.45, 7) is 3.57. The van der Waals surface area contributed by atoms with Crippen LogP contribution in [0.5, 0.6) is 0 Å². The quantitative estimate of drug-likeness (QED) is 0.470. The largest absolute Gasteiger partial charge is 0.462 e. The van der Waals surface area contributed by atoms with Gasteiger partial charge in [-0.2, -0.15) is 0 Å². The Morgan fingerprint density at radius 3 is 2.48 bits per heavy atom. The van der Waals surface area contributed by atoms with E-state index in [0.717, 1.165) is 20.7 Å². The first-order chi connectivity index (χ1) is 12.9. The van der Waals surface area contributed by atoms with Crippen molar-refractivity contribution in [3.05, 3.63) is 44.7 Å². The summed E-state index contributed by atoms with van der Waals surface area (Å²) in [5, 5.41) is 5.60. The first-order valence-corrected chi connectivity index (χ1v) is 10.7. The van der Waals surface area contributed by atoms with E-state index in [0.29, 0.717) is 15.4 Å². The molecule has 2 aromatic rings. The number of nitrogens with one attached hydrogen (secondary N) is 2. The van der Waals surface area contributed by atoms with Crippen LogP contribution in [0.2, 0.25) is 0 Å². The Morgan fingerprint density at radius 2 is 1.89 bits per heavy atom. The van der Waals surface area contributed by atoms with Crippen LogP contribution in [0.3, 0.4) is 0 Å².